The van der Waals surface area contributed by atoms with Crippen molar-refractivity contribution in [1.82, 2.24) is 5.32 Å². The molecule has 1 aromatic rings. The van der Waals surface area contributed by atoms with E-state index in [0.717, 1.165) is 12.3 Å². The minimum absolute atomic E-state index is 0.00594. The molecular formula is C11H12N2O. The molecule has 72 valence electrons. The maximum Gasteiger partial charge on any atom is 0.247 e. The molecule has 1 amide bonds. The number of nitrogens with one attached hydrogen (secondary N) is 1. The summed E-state index contributed by atoms with van der Waals surface area (Å²) in [4.78, 5) is 15.0. The van der Waals surface area contributed by atoms with Crippen LogP contribution in [-0.4, -0.2) is 18.3 Å². The molecule has 0 atom stereocenters. The van der Waals surface area contributed by atoms with Crippen LogP contribution in [0.1, 0.15) is 11.1 Å². The molecule has 1 aliphatic rings. The number of hydrogen-bond acceptors (Lipinski definition) is 2. The fourth-order valence-electron chi connectivity index (χ4n) is 1.50. The molecule has 0 radical (unpaired) electrons. The summed E-state index contributed by atoms with van der Waals surface area (Å²) in [6, 6.07) is 8.13. The van der Waals surface area contributed by atoms with Crippen LogP contribution in [0, 0.1) is 6.92 Å². The van der Waals surface area contributed by atoms with Crippen molar-refractivity contribution in [3.63, 3.8) is 0 Å². The van der Waals surface area contributed by atoms with E-state index in [-0.39, 0.29) is 12.5 Å². The largest absolute Gasteiger partial charge is 0.313 e. The highest BCUT2D eigenvalue weighted by Crippen LogP contribution is 2.08. The Morgan fingerprint density at radius 1 is 1.43 bits per heavy atom. The molecule has 1 aliphatic heterocycles. The van der Waals surface area contributed by atoms with Crippen LogP contribution in [0.4, 0.5) is 0 Å². The minimum Gasteiger partial charge on any atom is -0.313 e. The van der Waals surface area contributed by atoms with E-state index in [2.05, 4.69) is 29.4 Å². The van der Waals surface area contributed by atoms with Gasteiger partial charge in [-0.2, -0.15) is 0 Å². The van der Waals surface area contributed by atoms with Gasteiger partial charge in [-0.05, 0) is 18.1 Å². The van der Waals surface area contributed by atoms with E-state index >= 15 is 0 Å². The van der Waals surface area contributed by atoms with Crippen LogP contribution >= 0.6 is 0 Å². The van der Waals surface area contributed by atoms with E-state index in [1.54, 1.807) is 0 Å². The first-order valence-electron chi connectivity index (χ1n) is 4.63. The Kier molecular flexibility index (Phi) is 2.31. The zero-order valence-corrected chi connectivity index (χ0v) is 8.08. The van der Waals surface area contributed by atoms with Gasteiger partial charge in [-0.25, -0.2) is 0 Å². The molecule has 1 heterocycles. The Hall–Kier alpha value is -1.64. The molecule has 0 bridgehead atoms. The van der Waals surface area contributed by atoms with Gasteiger partial charge in [0.05, 0.1) is 0 Å². The first-order valence-corrected chi connectivity index (χ1v) is 4.63. The van der Waals surface area contributed by atoms with Crippen LogP contribution in [-0.2, 0) is 11.2 Å². The predicted molar refractivity (Wildman–Crippen MR) is 55.3 cm³/mol. The summed E-state index contributed by atoms with van der Waals surface area (Å²) in [5.74, 6) is 0.776. The van der Waals surface area contributed by atoms with Crippen LogP contribution in [0.15, 0.2) is 29.3 Å². The number of amides is 1. The number of nitrogens with zero attached hydrogens (tertiary/aromatic N) is 1. The first kappa shape index (κ1) is 8.94. The molecule has 1 N–H and O–H groups in total. The normalized spacial score (nSPS) is 15.2. The van der Waals surface area contributed by atoms with Gasteiger partial charge < -0.3 is 5.32 Å². The smallest absolute Gasteiger partial charge is 0.247 e. The van der Waals surface area contributed by atoms with Crippen LogP contribution in [0.5, 0.6) is 0 Å². The lowest BCUT2D eigenvalue weighted by atomic mass is 10.1. The van der Waals surface area contributed by atoms with E-state index in [0.29, 0.717) is 0 Å². The summed E-state index contributed by atoms with van der Waals surface area (Å²) < 4.78 is 0. The summed E-state index contributed by atoms with van der Waals surface area (Å²) in [7, 11) is 0. The molecule has 0 spiro atoms. The van der Waals surface area contributed by atoms with E-state index in [4.69, 9.17) is 0 Å². The van der Waals surface area contributed by atoms with Gasteiger partial charge >= 0.3 is 0 Å². The SMILES string of the molecule is Cc1ccccc1CC1=NCC(=O)N1. The molecule has 0 fully saturated rings. The summed E-state index contributed by atoms with van der Waals surface area (Å²) in [5, 5.41) is 2.74. The molecule has 0 saturated heterocycles. The number of aliphatic imine (C=N–C) groups is 1. The van der Waals surface area contributed by atoms with Gasteiger partial charge in [0, 0.05) is 6.42 Å². The van der Waals surface area contributed by atoms with Gasteiger partial charge in [0.15, 0.2) is 0 Å². The summed E-state index contributed by atoms with van der Waals surface area (Å²) in [6.45, 7) is 2.34. The monoisotopic (exact) mass is 188 g/mol. The molecule has 1 aromatic carbocycles. The lowest BCUT2D eigenvalue weighted by Crippen LogP contribution is -2.26. The molecule has 2 rings (SSSR count). The van der Waals surface area contributed by atoms with Crippen molar-refractivity contribution in [2.75, 3.05) is 6.54 Å². The third-order valence-electron chi connectivity index (χ3n) is 2.32. The van der Waals surface area contributed by atoms with Crippen LogP contribution < -0.4 is 5.32 Å². The third-order valence-corrected chi connectivity index (χ3v) is 2.32. The van der Waals surface area contributed by atoms with Gasteiger partial charge in [0.25, 0.3) is 0 Å². The number of rotatable bonds is 2. The molecule has 0 aliphatic carbocycles. The van der Waals surface area contributed by atoms with E-state index < -0.39 is 0 Å². The van der Waals surface area contributed by atoms with Gasteiger partial charge in [-0.15, -0.1) is 0 Å². The average molecular weight is 188 g/mol. The zero-order valence-electron chi connectivity index (χ0n) is 8.08. The van der Waals surface area contributed by atoms with Crippen LogP contribution in [0.25, 0.3) is 0 Å². The predicted octanol–water partition coefficient (Wildman–Crippen LogP) is 1.07. The molecule has 3 heteroatoms. The van der Waals surface area contributed by atoms with Gasteiger partial charge in [-0.3, -0.25) is 9.79 Å². The summed E-state index contributed by atoms with van der Waals surface area (Å²) in [6.07, 6.45) is 0.721. The standard InChI is InChI=1S/C11H12N2O/c1-8-4-2-3-5-9(8)6-10-12-7-11(14)13-10/h2-5H,6-7H2,1H3,(H,12,13,14). The quantitative estimate of drug-likeness (QED) is 0.741. The molecular weight excluding hydrogens is 176 g/mol. The van der Waals surface area contributed by atoms with Crippen molar-refractivity contribution in [3.8, 4) is 0 Å². The topological polar surface area (TPSA) is 41.5 Å². The minimum atomic E-state index is -0.00594. The van der Waals surface area contributed by atoms with Crippen molar-refractivity contribution in [1.29, 1.82) is 0 Å². The van der Waals surface area contributed by atoms with Crippen LogP contribution in [0.2, 0.25) is 0 Å². The Labute approximate surface area is 82.9 Å². The maximum absolute atomic E-state index is 10.9. The van der Waals surface area contributed by atoms with Crippen molar-refractivity contribution in [2.24, 2.45) is 4.99 Å². The Morgan fingerprint density at radius 3 is 2.86 bits per heavy atom. The third kappa shape index (κ3) is 1.82. The second-order valence-corrected chi connectivity index (χ2v) is 3.41. The maximum atomic E-state index is 10.9. The second kappa shape index (κ2) is 3.62. The fourth-order valence-corrected chi connectivity index (χ4v) is 1.50. The van der Waals surface area contributed by atoms with E-state index in [9.17, 15) is 4.79 Å². The van der Waals surface area contributed by atoms with E-state index in [1.165, 1.54) is 11.1 Å². The average Bonchev–Trinajstić information content (AvgIpc) is 2.56. The molecule has 14 heavy (non-hydrogen) atoms. The highest BCUT2D eigenvalue weighted by molar-refractivity contribution is 6.04. The lowest BCUT2D eigenvalue weighted by molar-refractivity contribution is -0.117. The van der Waals surface area contributed by atoms with Gasteiger partial charge in [-0.1, -0.05) is 24.3 Å². The molecule has 0 saturated carbocycles. The van der Waals surface area contributed by atoms with Crippen molar-refractivity contribution < 1.29 is 4.79 Å². The molecule has 3 nitrogen and oxygen atoms in total. The van der Waals surface area contributed by atoms with Crippen molar-refractivity contribution in [3.05, 3.63) is 35.4 Å². The van der Waals surface area contributed by atoms with Crippen LogP contribution in [0.3, 0.4) is 0 Å². The number of amidine groups is 1. The van der Waals surface area contributed by atoms with Gasteiger partial charge in [0.1, 0.15) is 12.4 Å². The highest BCUT2D eigenvalue weighted by Gasteiger charge is 2.13. The van der Waals surface area contributed by atoms with Crippen molar-refractivity contribution in [2.45, 2.75) is 13.3 Å². The Bertz CT molecular complexity index is 396. The zero-order chi connectivity index (χ0) is 9.97. The number of carbonyl (C=O) groups is 1. The van der Waals surface area contributed by atoms with Gasteiger partial charge in [0.2, 0.25) is 5.91 Å². The first-order chi connectivity index (χ1) is 6.75. The molecule has 0 unspecified atom stereocenters. The second-order valence-electron chi connectivity index (χ2n) is 3.41. The highest BCUT2D eigenvalue weighted by atomic mass is 16.2. The Balaban J connectivity index is 2.12. The summed E-state index contributed by atoms with van der Waals surface area (Å²) in [5.41, 5.74) is 2.45. The number of aryl methyl sites for hydroxylation is 1. The fraction of sp³-hybridized carbons (Fsp3) is 0.273. The van der Waals surface area contributed by atoms with Crippen molar-refractivity contribution >= 4 is 11.7 Å². The number of benzene rings is 1. The summed E-state index contributed by atoms with van der Waals surface area (Å²) >= 11 is 0. The number of hydrogen-bond donors (Lipinski definition) is 1. The number of carbonyl (C=O) groups excluding carboxylic acids is 1. The lowest BCUT2D eigenvalue weighted by Gasteiger charge is -2.04. The van der Waals surface area contributed by atoms with E-state index in [1.807, 2.05) is 12.1 Å². The Morgan fingerprint density at radius 2 is 2.21 bits per heavy atom. The molecule has 0 aromatic heterocycles.